The van der Waals surface area contributed by atoms with Crippen LogP contribution in [0.2, 0.25) is 5.02 Å². The second-order valence-electron chi connectivity index (χ2n) is 4.45. The van der Waals surface area contributed by atoms with Crippen molar-refractivity contribution in [3.05, 3.63) is 23.2 Å². The highest BCUT2D eigenvalue weighted by atomic mass is 35.5. The molecule has 0 bridgehead atoms. The van der Waals surface area contributed by atoms with Crippen molar-refractivity contribution >= 4 is 23.3 Å². The molecule has 1 atom stereocenters. The van der Waals surface area contributed by atoms with Crippen LogP contribution < -0.4 is 10.1 Å². The SMILES string of the molecule is COc1ccc(NC(=O)N2CCC[C@@H]2CO)cc1Cl. The average molecular weight is 285 g/mol. The topological polar surface area (TPSA) is 61.8 Å². The van der Waals surface area contributed by atoms with Crippen molar-refractivity contribution < 1.29 is 14.6 Å². The maximum Gasteiger partial charge on any atom is 0.322 e. The maximum atomic E-state index is 12.1. The molecule has 5 nitrogen and oxygen atoms in total. The number of amides is 2. The highest BCUT2D eigenvalue weighted by Gasteiger charge is 2.28. The van der Waals surface area contributed by atoms with E-state index in [-0.39, 0.29) is 18.7 Å². The predicted octanol–water partition coefficient (Wildman–Crippen LogP) is 2.34. The van der Waals surface area contributed by atoms with Crippen molar-refractivity contribution in [2.24, 2.45) is 0 Å². The summed E-state index contributed by atoms with van der Waals surface area (Å²) >= 11 is 6.00. The number of urea groups is 1. The lowest BCUT2D eigenvalue weighted by Crippen LogP contribution is -2.40. The molecule has 0 aromatic heterocycles. The first kappa shape index (κ1) is 14.0. The quantitative estimate of drug-likeness (QED) is 0.895. The van der Waals surface area contributed by atoms with Crippen LogP contribution in [0.25, 0.3) is 0 Å². The average Bonchev–Trinajstić information content (AvgIpc) is 2.87. The lowest BCUT2D eigenvalue weighted by atomic mass is 10.2. The number of aliphatic hydroxyl groups is 1. The number of likely N-dealkylation sites (tertiary alicyclic amines) is 1. The molecule has 1 saturated heterocycles. The first-order valence-electron chi connectivity index (χ1n) is 6.17. The van der Waals surface area contributed by atoms with Crippen LogP contribution in [-0.2, 0) is 0 Å². The first-order chi connectivity index (χ1) is 9.15. The molecule has 2 N–H and O–H groups in total. The molecular formula is C13H17ClN2O3. The molecule has 104 valence electrons. The third kappa shape index (κ3) is 3.11. The van der Waals surface area contributed by atoms with Crippen LogP contribution in [0.3, 0.4) is 0 Å². The minimum absolute atomic E-state index is 0.00319. The number of methoxy groups -OCH3 is 1. The number of halogens is 1. The van der Waals surface area contributed by atoms with Gasteiger partial charge in [-0.05, 0) is 31.0 Å². The number of hydrogen-bond acceptors (Lipinski definition) is 3. The van der Waals surface area contributed by atoms with Crippen LogP contribution in [0.1, 0.15) is 12.8 Å². The van der Waals surface area contributed by atoms with Crippen LogP contribution >= 0.6 is 11.6 Å². The van der Waals surface area contributed by atoms with Gasteiger partial charge >= 0.3 is 6.03 Å². The highest BCUT2D eigenvalue weighted by Crippen LogP contribution is 2.27. The van der Waals surface area contributed by atoms with Crippen molar-refractivity contribution in [1.82, 2.24) is 4.90 Å². The van der Waals surface area contributed by atoms with Crippen LogP contribution in [0.5, 0.6) is 5.75 Å². The molecular weight excluding hydrogens is 268 g/mol. The third-order valence-electron chi connectivity index (χ3n) is 3.25. The van der Waals surface area contributed by atoms with E-state index in [2.05, 4.69) is 5.32 Å². The fraction of sp³-hybridized carbons (Fsp3) is 0.462. The summed E-state index contributed by atoms with van der Waals surface area (Å²) in [6, 6.07) is 4.77. The monoisotopic (exact) mass is 284 g/mol. The van der Waals surface area contributed by atoms with Crippen LogP contribution in [0.15, 0.2) is 18.2 Å². The van der Waals surface area contributed by atoms with Crippen molar-refractivity contribution in [2.45, 2.75) is 18.9 Å². The summed E-state index contributed by atoms with van der Waals surface area (Å²) in [4.78, 5) is 13.7. The van der Waals surface area contributed by atoms with E-state index in [1.807, 2.05) is 0 Å². The summed E-state index contributed by atoms with van der Waals surface area (Å²) in [5, 5.41) is 12.4. The Balaban J connectivity index is 2.04. The number of aliphatic hydroxyl groups excluding tert-OH is 1. The molecule has 6 heteroatoms. The number of carbonyl (C=O) groups is 1. The number of benzene rings is 1. The molecule has 19 heavy (non-hydrogen) atoms. The molecule has 1 heterocycles. The predicted molar refractivity (Wildman–Crippen MR) is 73.8 cm³/mol. The number of anilines is 1. The zero-order chi connectivity index (χ0) is 13.8. The van der Waals surface area contributed by atoms with Crippen molar-refractivity contribution in [3.8, 4) is 5.75 Å². The fourth-order valence-corrected chi connectivity index (χ4v) is 2.49. The number of nitrogens with zero attached hydrogens (tertiary/aromatic N) is 1. The number of nitrogens with one attached hydrogen (secondary N) is 1. The van der Waals surface area contributed by atoms with E-state index in [9.17, 15) is 9.90 Å². The summed E-state index contributed by atoms with van der Waals surface area (Å²) < 4.78 is 5.05. The van der Waals surface area contributed by atoms with Crippen LogP contribution in [0.4, 0.5) is 10.5 Å². The van der Waals surface area contributed by atoms with Gasteiger partial charge in [0, 0.05) is 12.2 Å². The van der Waals surface area contributed by atoms with E-state index in [1.54, 1.807) is 23.1 Å². The molecule has 1 fully saturated rings. The lowest BCUT2D eigenvalue weighted by Gasteiger charge is -2.23. The Morgan fingerprint density at radius 2 is 2.42 bits per heavy atom. The number of ether oxygens (including phenoxy) is 1. The Bertz CT molecular complexity index is 467. The second-order valence-corrected chi connectivity index (χ2v) is 4.86. The summed E-state index contributed by atoms with van der Waals surface area (Å²) in [5.74, 6) is 0.564. The maximum absolute atomic E-state index is 12.1. The Labute approximate surface area is 117 Å². The standard InChI is InChI=1S/C13H17ClN2O3/c1-19-12-5-4-9(7-11(12)14)15-13(18)16-6-2-3-10(16)8-17/h4-5,7,10,17H,2-3,6,8H2,1H3,(H,15,18)/t10-/m1/s1. The fourth-order valence-electron chi connectivity index (χ4n) is 2.23. The largest absolute Gasteiger partial charge is 0.495 e. The zero-order valence-electron chi connectivity index (χ0n) is 10.7. The van der Waals surface area contributed by atoms with Crippen LogP contribution in [0, 0.1) is 0 Å². The Morgan fingerprint density at radius 1 is 1.63 bits per heavy atom. The molecule has 0 saturated carbocycles. The molecule has 0 unspecified atom stereocenters. The van der Waals surface area contributed by atoms with Gasteiger partial charge in [0.1, 0.15) is 5.75 Å². The smallest absolute Gasteiger partial charge is 0.322 e. The summed E-state index contributed by atoms with van der Waals surface area (Å²) in [7, 11) is 1.54. The number of carbonyl (C=O) groups excluding carboxylic acids is 1. The Kier molecular flexibility index (Phi) is 4.50. The molecule has 1 aromatic carbocycles. The Morgan fingerprint density at radius 3 is 3.05 bits per heavy atom. The van der Waals surface area contributed by atoms with Crippen molar-refractivity contribution in [3.63, 3.8) is 0 Å². The normalized spacial score (nSPS) is 18.5. The van der Waals surface area contributed by atoms with Gasteiger partial charge in [-0.25, -0.2) is 4.79 Å². The van der Waals surface area contributed by atoms with Crippen LogP contribution in [-0.4, -0.2) is 42.3 Å². The van der Waals surface area contributed by atoms with E-state index in [0.717, 1.165) is 12.8 Å². The van der Waals surface area contributed by atoms with Gasteiger partial charge in [0.05, 0.1) is 24.8 Å². The molecule has 1 aliphatic heterocycles. The van der Waals surface area contributed by atoms with Gasteiger partial charge in [0.25, 0.3) is 0 Å². The molecule has 0 radical (unpaired) electrons. The van der Waals surface area contributed by atoms with Crippen molar-refractivity contribution in [1.29, 1.82) is 0 Å². The Hall–Kier alpha value is -1.46. The van der Waals surface area contributed by atoms with E-state index >= 15 is 0 Å². The lowest BCUT2D eigenvalue weighted by molar-refractivity contribution is 0.166. The molecule has 1 aromatic rings. The third-order valence-corrected chi connectivity index (χ3v) is 3.55. The number of rotatable bonds is 3. The van der Waals surface area contributed by atoms with E-state index in [0.29, 0.717) is 23.0 Å². The van der Waals surface area contributed by atoms with E-state index in [1.165, 1.54) is 7.11 Å². The van der Waals surface area contributed by atoms with E-state index < -0.39 is 0 Å². The molecule has 0 spiro atoms. The molecule has 2 rings (SSSR count). The van der Waals surface area contributed by atoms with Gasteiger partial charge in [-0.15, -0.1) is 0 Å². The minimum Gasteiger partial charge on any atom is -0.495 e. The summed E-state index contributed by atoms with van der Waals surface area (Å²) in [6.45, 7) is 0.664. The van der Waals surface area contributed by atoms with Gasteiger partial charge < -0.3 is 20.1 Å². The van der Waals surface area contributed by atoms with Crippen molar-refractivity contribution in [2.75, 3.05) is 25.6 Å². The van der Waals surface area contributed by atoms with Gasteiger partial charge in [0.2, 0.25) is 0 Å². The van der Waals surface area contributed by atoms with Gasteiger partial charge in [0.15, 0.2) is 0 Å². The van der Waals surface area contributed by atoms with Gasteiger partial charge in [-0.2, -0.15) is 0 Å². The second kappa shape index (κ2) is 6.12. The summed E-state index contributed by atoms with van der Waals surface area (Å²) in [6.07, 6.45) is 1.76. The summed E-state index contributed by atoms with van der Waals surface area (Å²) in [5.41, 5.74) is 0.611. The molecule has 0 aliphatic carbocycles. The number of hydrogen-bond donors (Lipinski definition) is 2. The highest BCUT2D eigenvalue weighted by molar-refractivity contribution is 6.32. The van der Waals surface area contributed by atoms with Gasteiger partial charge in [-0.3, -0.25) is 0 Å². The minimum atomic E-state index is -0.210. The van der Waals surface area contributed by atoms with Gasteiger partial charge in [-0.1, -0.05) is 11.6 Å². The zero-order valence-corrected chi connectivity index (χ0v) is 11.5. The molecule has 2 amide bonds. The molecule has 1 aliphatic rings. The van der Waals surface area contributed by atoms with E-state index in [4.69, 9.17) is 16.3 Å². The first-order valence-corrected chi connectivity index (χ1v) is 6.55.